The van der Waals surface area contributed by atoms with Gasteiger partial charge in [0.25, 0.3) is 0 Å². The summed E-state index contributed by atoms with van der Waals surface area (Å²) in [4.78, 5) is 10.8. The van der Waals surface area contributed by atoms with Crippen molar-refractivity contribution in [3.05, 3.63) is 12.2 Å². The first-order chi connectivity index (χ1) is 6.43. The van der Waals surface area contributed by atoms with E-state index in [1.165, 1.54) is 6.92 Å². The Bertz CT molecular complexity index is 246. The third-order valence-electron chi connectivity index (χ3n) is 1.86. The van der Waals surface area contributed by atoms with Crippen LogP contribution in [0, 0.1) is 0 Å². The Balaban J connectivity index is 2.16. The summed E-state index contributed by atoms with van der Waals surface area (Å²) >= 11 is 0. The van der Waals surface area contributed by atoms with Crippen molar-refractivity contribution in [2.45, 2.75) is 32.0 Å². The highest BCUT2D eigenvalue weighted by atomic mass is 19.2. The second-order valence-corrected chi connectivity index (χ2v) is 3.28. The fourth-order valence-electron chi connectivity index (χ4n) is 1.04. The van der Waals surface area contributed by atoms with Crippen molar-refractivity contribution in [2.75, 3.05) is 6.61 Å². The molecule has 3 nitrogen and oxygen atoms in total. The van der Waals surface area contributed by atoms with Gasteiger partial charge in [-0.05, 0) is 6.92 Å². The number of carbonyl (C=O) groups is 1. The molecule has 5 heteroatoms. The van der Waals surface area contributed by atoms with E-state index in [1.54, 1.807) is 0 Å². The van der Waals surface area contributed by atoms with Crippen molar-refractivity contribution in [1.29, 1.82) is 0 Å². The molecule has 1 saturated heterocycles. The molecule has 1 aliphatic rings. The van der Waals surface area contributed by atoms with Crippen LogP contribution in [0.1, 0.15) is 19.8 Å². The number of alkyl halides is 2. The molecular formula is C9H12F2O3. The van der Waals surface area contributed by atoms with Crippen LogP contribution in [0.3, 0.4) is 0 Å². The second kappa shape index (κ2) is 4.04. The molecule has 14 heavy (non-hydrogen) atoms. The molecule has 0 amide bonds. The zero-order chi connectivity index (χ0) is 10.8. The SMILES string of the molecule is C=C(C)C(=O)OCCC1(F)CC(F)O1. The number of ether oxygens (including phenoxy) is 2. The van der Waals surface area contributed by atoms with E-state index in [9.17, 15) is 13.6 Å². The van der Waals surface area contributed by atoms with Crippen LogP contribution in [0.25, 0.3) is 0 Å². The third kappa shape index (κ3) is 2.77. The zero-order valence-electron chi connectivity index (χ0n) is 7.89. The van der Waals surface area contributed by atoms with Crippen LogP contribution in [-0.2, 0) is 14.3 Å². The van der Waals surface area contributed by atoms with E-state index in [-0.39, 0.29) is 25.0 Å². The Morgan fingerprint density at radius 2 is 2.36 bits per heavy atom. The fourth-order valence-corrected chi connectivity index (χ4v) is 1.04. The molecule has 2 atom stereocenters. The molecule has 0 radical (unpaired) electrons. The predicted molar refractivity (Wildman–Crippen MR) is 44.8 cm³/mol. The minimum atomic E-state index is -1.96. The second-order valence-electron chi connectivity index (χ2n) is 3.28. The van der Waals surface area contributed by atoms with Crippen molar-refractivity contribution in [1.82, 2.24) is 0 Å². The monoisotopic (exact) mass is 206 g/mol. The van der Waals surface area contributed by atoms with Crippen molar-refractivity contribution in [2.24, 2.45) is 0 Å². The van der Waals surface area contributed by atoms with E-state index in [0.29, 0.717) is 0 Å². The molecule has 1 heterocycles. The smallest absolute Gasteiger partial charge is 0.333 e. The third-order valence-corrected chi connectivity index (χ3v) is 1.86. The quantitative estimate of drug-likeness (QED) is 0.520. The van der Waals surface area contributed by atoms with Gasteiger partial charge in [-0.1, -0.05) is 6.58 Å². The summed E-state index contributed by atoms with van der Waals surface area (Å²) < 4.78 is 34.1. The number of carbonyl (C=O) groups excluding carboxylic acids is 1. The maximum atomic E-state index is 13.1. The largest absolute Gasteiger partial charge is 0.462 e. The summed E-state index contributed by atoms with van der Waals surface area (Å²) in [5, 5.41) is 0. The number of esters is 1. The van der Waals surface area contributed by atoms with Gasteiger partial charge in [0.1, 0.15) is 0 Å². The number of rotatable bonds is 4. The summed E-state index contributed by atoms with van der Waals surface area (Å²) in [6.45, 7) is 4.72. The van der Waals surface area contributed by atoms with E-state index >= 15 is 0 Å². The topological polar surface area (TPSA) is 35.5 Å². The van der Waals surface area contributed by atoms with Gasteiger partial charge in [-0.25, -0.2) is 13.6 Å². The molecular weight excluding hydrogens is 194 g/mol. The van der Waals surface area contributed by atoms with Gasteiger partial charge in [-0.15, -0.1) is 0 Å². The zero-order valence-corrected chi connectivity index (χ0v) is 7.89. The average Bonchev–Trinajstić information content (AvgIpc) is 2.01. The Morgan fingerprint density at radius 3 is 2.79 bits per heavy atom. The highest BCUT2D eigenvalue weighted by Gasteiger charge is 2.46. The minimum Gasteiger partial charge on any atom is -0.462 e. The summed E-state index contributed by atoms with van der Waals surface area (Å²) in [6.07, 6.45) is -1.97. The van der Waals surface area contributed by atoms with Gasteiger partial charge in [0.2, 0.25) is 12.2 Å². The van der Waals surface area contributed by atoms with E-state index in [2.05, 4.69) is 16.1 Å². The highest BCUT2D eigenvalue weighted by Crippen LogP contribution is 2.37. The van der Waals surface area contributed by atoms with Gasteiger partial charge in [0, 0.05) is 12.0 Å². The van der Waals surface area contributed by atoms with E-state index in [0.717, 1.165) is 0 Å². The van der Waals surface area contributed by atoms with Crippen LogP contribution in [0.5, 0.6) is 0 Å². The van der Waals surface area contributed by atoms with Crippen molar-refractivity contribution < 1.29 is 23.0 Å². The lowest BCUT2D eigenvalue weighted by molar-refractivity contribution is -0.323. The molecule has 2 unspecified atom stereocenters. The number of hydrogen-bond acceptors (Lipinski definition) is 3. The minimum absolute atomic E-state index is 0.130. The van der Waals surface area contributed by atoms with Crippen molar-refractivity contribution in [3.63, 3.8) is 0 Å². The first-order valence-corrected chi connectivity index (χ1v) is 4.26. The first kappa shape index (κ1) is 11.1. The fraction of sp³-hybridized carbons (Fsp3) is 0.667. The Kier molecular flexibility index (Phi) is 3.21. The molecule has 0 aromatic rings. The molecule has 1 rings (SSSR count). The average molecular weight is 206 g/mol. The van der Waals surface area contributed by atoms with E-state index in [4.69, 9.17) is 0 Å². The molecule has 1 aliphatic heterocycles. The molecule has 1 fully saturated rings. The highest BCUT2D eigenvalue weighted by molar-refractivity contribution is 5.86. The van der Waals surface area contributed by atoms with Crippen LogP contribution in [0.2, 0.25) is 0 Å². The first-order valence-electron chi connectivity index (χ1n) is 4.26. The Hall–Kier alpha value is -0.970. The molecule has 0 bridgehead atoms. The summed E-state index contributed by atoms with van der Waals surface area (Å²) in [7, 11) is 0. The molecule has 0 spiro atoms. The Morgan fingerprint density at radius 1 is 1.79 bits per heavy atom. The van der Waals surface area contributed by atoms with Gasteiger partial charge in [-0.3, -0.25) is 0 Å². The maximum Gasteiger partial charge on any atom is 0.333 e. The summed E-state index contributed by atoms with van der Waals surface area (Å²) in [5.41, 5.74) is 0.246. The molecule has 0 saturated carbocycles. The lowest BCUT2D eigenvalue weighted by atomic mass is 10.1. The van der Waals surface area contributed by atoms with Crippen LogP contribution in [-0.4, -0.2) is 24.8 Å². The molecule has 0 aromatic heterocycles. The molecule has 80 valence electrons. The van der Waals surface area contributed by atoms with Crippen LogP contribution in [0.15, 0.2) is 12.2 Å². The van der Waals surface area contributed by atoms with Crippen LogP contribution >= 0.6 is 0 Å². The van der Waals surface area contributed by atoms with E-state index in [1.807, 2.05) is 0 Å². The Labute approximate surface area is 80.7 Å². The van der Waals surface area contributed by atoms with Gasteiger partial charge in [-0.2, -0.15) is 0 Å². The number of halogens is 2. The maximum absolute atomic E-state index is 13.1. The summed E-state index contributed by atoms with van der Waals surface area (Å²) in [5.74, 6) is -2.54. The van der Waals surface area contributed by atoms with Crippen molar-refractivity contribution in [3.8, 4) is 0 Å². The molecule has 0 aliphatic carbocycles. The van der Waals surface area contributed by atoms with Gasteiger partial charge in [0.05, 0.1) is 13.0 Å². The molecule has 0 aromatic carbocycles. The number of hydrogen-bond donors (Lipinski definition) is 0. The van der Waals surface area contributed by atoms with Crippen molar-refractivity contribution >= 4 is 5.97 Å². The van der Waals surface area contributed by atoms with Crippen LogP contribution in [0.4, 0.5) is 8.78 Å². The molecule has 0 N–H and O–H groups in total. The van der Waals surface area contributed by atoms with Gasteiger partial charge < -0.3 is 9.47 Å². The summed E-state index contributed by atoms with van der Waals surface area (Å²) in [6, 6.07) is 0. The standard InChI is InChI=1S/C9H12F2O3/c1-6(2)8(12)13-4-3-9(11)5-7(10)14-9/h7H,1,3-5H2,2H3. The van der Waals surface area contributed by atoms with Crippen LogP contribution < -0.4 is 0 Å². The normalized spacial score (nSPS) is 30.6. The van der Waals surface area contributed by atoms with Gasteiger partial charge in [0.15, 0.2) is 0 Å². The van der Waals surface area contributed by atoms with E-state index < -0.39 is 18.2 Å². The lowest BCUT2D eigenvalue weighted by Crippen LogP contribution is -2.45. The van der Waals surface area contributed by atoms with Gasteiger partial charge >= 0.3 is 5.97 Å². The predicted octanol–water partition coefficient (Wildman–Crippen LogP) is 1.88. The lowest BCUT2D eigenvalue weighted by Gasteiger charge is -2.36.